The number of hydrogen-bond acceptors (Lipinski definition) is 3. The van der Waals surface area contributed by atoms with Gasteiger partial charge >= 0.3 is 0 Å². The van der Waals surface area contributed by atoms with Crippen LogP contribution in [0, 0.1) is 5.92 Å². The van der Waals surface area contributed by atoms with Gasteiger partial charge in [0, 0.05) is 38.9 Å². The van der Waals surface area contributed by atoms with Gasteiger partial charge in [0.2, 0.25) is 5.56 Å². The molecule has 3 rings (SSSR count). The molecule has 1 aromatic carbocycles. The average molecular weight is 367 g/mol. The van der Waals surface area contributed by atoms with E-state index in [4.69, 9.17) is 0 Å². The lowest BCUT2D eigenvalue weighted by Gasteiger charge is -2.34. The van der Waals surface area contributed by atoms with Crippen molar-refractivity contribution in [3.63, 3.8) is 0 Å². The Morgan fingerprint density at radius 1 is 1.15 bits per heavy atom. The van der Waals surface area contributed by atoms with Gasteiger partial charge in [0.25, 0.3) is 5.91 Å². The van der Waals surface area contributed by atoms with Gasteiger partial charge in [0.1, 0.15) is 0 Å². The fourth-order valence-electron chi connectivity index (χ4n) is 3.82. The summed E-state index contributed by atoms with van der Waals surface area (Å²) in [4.78, 5) is 29.2. The summed E-state index contributed by atoms with van der Waals surface area (Å²) in [5, 5.41) is 0. The molecule has 0 bridgehead atoms. The molecular weight excluding hydrogens is 338 g/mol. The number of nitrogens with zero attached hydrogens (tertiary/aromatic N) is 3. The number of piperidine rings is 1. The van der Waals surface area contributed by atoms with Crippen LogP contribution in [0.25, 0.3) is 0 Å². The van der Waals surface area contributed by atoms with E-state index >= 15 is 0 Å². The number of likely N-dealkylation sites (tertiary alicyclic amines) is 1. The highest BCUT2D eigenvalue weighted by Crippen LogP contribution is 2.18. The molecule has 1 aromatic heterocycles. The molecule has 1 aliphatic rings. The number of aromatic nitrogens is 1. The Morgan fingerprint density at radius 2 is 1.93 bits per heavy atom. The monoisotopic (exact) mass is 367 g/mol. The maximum Gasteiger partial charge on any atom is 0.255 e. The van der Waals surface area contributed by atoms with E-state index in [0.29, 0.717) is 18.0 Å². The van der Waals surface area contributed by atoms with Crippen LogP contribution in [-0.4, -0.2) is 53.5 Å². The molecule has 0 saturated carbocycles. The molecule has 5 nitrogen and oxygen atoms in total. The van der Waals surface area contributed by atoms with Crippen molar-refractivity contribution in [3.05, 3.63) is 70.1 Å². The summed E-state index contributed by atoms with van der Waals surface area (Å²) in [6.45, 7) is 3.61. The summed E-state index contributed by atoms with van der Waals surface area (Å²) in [6, 6.07) is 13.4. The molecule has 27 heavy (non-hydrogen) atoms. The van der Waals surface area contributed by atoms with Gasteiger partial charge in [-0.25, -0.2) is 0 Å². The van der Waals surface area contributed by atoms with E-state index in [1.165, 1.54) is 22.6 Å². The first kappa shape index (κ1) is 19.4. The minimum absolute atomic E-state index is 0.00903. The smallest absolute Gasteiger partial charge is 0.255 e. The van der Waals surface area contributed by atoms with Gasteiger partial charge in [0.15, 0.2) is 0 Å². The number of carbonyl (C=O) groups excluding carboxylic acids is 1. The number of hydrogen-bond donors (Lipinski definition) is 0. The molecule has 2 heterocycles. The van der Waals surface area contributed by atoms with Crippen LogP contribution in [0.4, 0.5) is 0 Å². The van der Waals surface area contributed by atoms with Crippen molar-refractivity contribution in [1.82, 2.24) is 14.4 Å². The third kappa shape index (κ3) is 5.30. The Bertz CT molecular complexity index is 816. The van der Waals surface area contributed by atoms with Crippen LogP contribution >= 0.6 is 0 Å². The van der Waals surface area contributed by atoms with Gasteiger partial charge in [0.05, 0.1) is 5.56 Å². The van der Waals surface area contributed by atoms with Crippen molar-refractivity contribution in [1.29, 1.82) is 0 Å². The number of benzene rings is 1. The lowest BCUT2D eigenvalue weighted by molar-refractivity contribution is 0.0692. The SMILES string of the molecule is CN1CCC[C@@H](CN(CCc2ccccc2)C(=O)c2ccc(=O)n(C)c2)C1. The van der Waals surface area contributed by atoms with Gasteiger partial charge in [-0.1, -0.05) is 30.3 Å². The molecule has 0 aliphatic carbocycles. The predicted molar refractivity (Wildman–Crippen MR) is 108 cm³/mol. The van der Waals surface area contributed by atoms with Gasteiger partial charge in [-0.15, -0.1) is 0 Å². The minimum atomic E-state index is -0.101. The van der Waals surface area contributed by atoms with Gasteiger partial charge < -0.3 is 14.4 Å². The number of aryl methyl sites for hydroxylation is 1. The highest BCUT2D eigenvalue weighted by atomic mass is 16.2. The van der Waals surface area contributed by atoms with E-state index in [9.17, 15) is 9.59 Å². The molecule has 0 unspecified atom stereocenters. The second-order valence-corrected chi connectivity index (χ2v) is 7.62. The maximum atomic E-state index is 13.2. The summed E-state index contributed by atoms with van der Waals surface area (Å²) >= 11 is 0. The highest BCUT2D eigenvalue weighted by molar-refractivity contribution is 5.93. The Balaban J connectivity index is 1.75. The molecular formula is C22H29N3O2. The zero-order chi connectivity index (χ0) is 19.2. The predicted octanol–water partition coefficient (Wildman–Crippen LogP) is 2.41. The van der Waals surface area contributed by atoms with E-state index in [-0.39, 0.29) is 11.5 Å². The van der Waals surface area contributed by atoms with E-state index in [1.807, 2.05) is 23.1 Å². The lowest BCUT2D eigenvalue weighted by Crippen LogP contribution is -2.42. The van der Waals surface area contributed by atoms with Crippen molar-refractivity contribution in [2.75, 3.05) is 33.2 Å². The van der Waals surface area contributed by atoms with Crippen LogP contribution in [0.5, 0.6) is 0 Å². The van der Waals surface area contributed by atoms with Crippen LogP contribution in [0.2, 0.25) is 0 Å². The lowest BCUT2D eigenvalue weighted by atomic mass is 9.97. The summed E-state index contributed by atoms with van der Waals surface area (Å²) in [6.07, 6.45) is 4.82. The Kier molecular flexibility index (Phi) is 6.45. The van der Waals surface area contributed by atoms with Crippen LogP contribution in [-0.2, 0) is 13.5 Å². The maximum absolute atomic E-state index is 13.2. The quantitative estimate of drug-likeness (QED) is 0.788. The molecule has 1 fully saturated rings. The first-order valence-corrected chi connectivity index (χ1v) is 9.71. The zero-order valence-corrected chi connectivity index (χ0v) is 16.3. The zero-order valence-electron chi connectivity index (χ0n) is 16.3. The van der Waals surface area contributed by atoms with Crippen molar-refractivity contribution in [2.45, 2.75) is 19.3 Å². The number of amides is 1. The van der Waals surface area contributed by atoms with Gasteiger partial charge in [-0.3, -0.25) is 9.59 Å². The first-order valence-electron chi connectivity index (χ1n) is 9.71. The van der Waals surface area contributed by atoms with E-state index < -0.39 is 0 Å². The van der Waals surface area contributed by atoms with E-state index in [1.54, 1.807) is 19.3 Å². The van der Waals surface area contributed by atoms with Gasteiger partial charge in [-0.05, 0) is 50.4 Å². The molecule has 5 heteroatoms. The molecule has 1 atom stereocenters. The van der Waals surface area contributed by atoms with Crippen molar-refractivity contribution in [2.24, 2.45) is 13.0 Å². The third-order valence-electron chi connectivity index (χ3n) is 5.33. The molecule has 1 aliphatic heterocycles. The molecule has 1 amide bonds. The first-order chi connectivity index (χ1) is 13.0. The fraction of sp³-hybridized carbons (Fsp3) is 0.455. The second-order valence-electron chi connectivity index (χ2n) is 7.62. The Labute approximate surface area is 161 Å². The molecule has 0 N–H and O–H groups in total. The standard InChI is InChI=1S/C22H29N3O2/c1-23-13-6-9-19(15-23)16-25(14-12-18-7-4-3-5-8-18)22(27)20-10-11-21(26)24(2)17-20/h3-5,7-8,10-11,17,19H,6,9,12-16H2,1-2H3/t19-/m1/s1. The molecule has 0 spiro atoms. The van der Waals surface area contributed by atoms with Gasteiger partial charge in [-0.2, -0.15) is 0 Å². The second kappa shape index (κ2) is 9.00. The van der Waals surface area contributed by atoms with Crippen molar-refractivity contribution >= 4 is 5.91 Å². The fourth-order valence-corrected chi connectivity index (χ4v) is 3.82. The van der Waals surface area contributed by atoms with Crippen LogP contribution in [0.1, 0.15) is 28.8 Å². The number of carbonyl (C=O) groups is 1. The largest absolute Gasteiger partial charge is 0.338 e. The summed E-state index contributed by atoms with van der Waals surface area (Å²) in [7, 11) is 3.83. The average Bonchev–Trinajstić information content (AvgIpc) is 2.67. The van der Waals surface area contributed by atoms with E-state index in [0.717, 1.165) is 32.5 Å². The summed E-state index contributed by atoms with van der Waals surface area (Å²) in [5.74, 6) is 0.505. The van der Waals surface area contributed by atoms with Crippen molar-refractivity contribution in [3.8, 4) is 0 Å². The normalized spacial score (nSPS) is 17.6. The van der Waals surface area contributed by atoms with E-state index in [2.05, 4.69) is 24.1 Å². The Morgan fingerprint density at radius 3 is 2.63 bits per heavy atom. The molecule has 1 saturated heterocycles. The van der Waals surface area contributed by atoms with Crippen LogP contribution in [0.15, 0.2) is 53.5 Å². The molecule has 2 aromatic rings. The Hall–Kier alpha value is -2.40. The highest BCUT2D eigenvalue weighted by Gasteiger charge is 2.24. The minimum Gasteiger partial charge on any atom is -0.338 e. The van der Waals surface area contributed by atoms with Crippen LogP contribution < -0.4 is 5.56 Å². The summed E-state index contributed by atoms with van der Waals surface area (Å²) < 4.78 is 1.47. The number of pyridine rings is 1. The summed E-state index contributed by atoms with van der Waals surface area (Å²) in [5.41, 5.74) is 1.71. The molecule has 144 valence electrons. The number of rotatable bonds is 6. The molecule has 0 radical (unpaired) electrons. The topological polar surface area (TPSA) is 45.6 Å². The van der Waals surface area contributed by atoms with Crippen molar-refractivity contribution < 1.29 is 4.79 Å². The third-order valence-corrected chi connectivity index (χ3v) is 5.33. The van der Waals surface area contributed by atoms with Crippen LogP contribution in [0.3, 0.4) is 0 Å².